The summed E-state index contributed by atoms with van der Waals surface area (Å²) >= 11 is 0. The Bertz CT molecular complexity index is 683. The first-order valence-electron chi connectivity index (χ1n) is 9.87. The monoisotopic (exact) mass is 499 g/mol. The zero-order chi connectivity index (χ0) is 19.5. The first-order chi connectivity index (χ1) is 13.2. The van der Waals surface area contributed by atoms with Gasteiger partial charge in [-0.15, -0.1) is 24.0 Å². The number of halogens is 1. The molecule has 2 rings (SSSR count). The van der Waals surface area contributed by atoms with Crippen molar-refractivity contribution in [2.75, 3.05) is 26.7 Å². The molecular formula is C21H34IN5O. The Labute approximate surface area is 185 Å². The third kappa shape index (κ3) is 7.79. The van der Waals surface area contributed by atoms with Crippen LogP contribution in [0.25, 0.3) is 11.3 Å². The van der Waals surface area contributed by atoms with Crippen molar-refractivity contribution in [3.8, 4) is 11.3 Å². The fourth-order valence-electron chi connectivity index (χ4n) is 3.11. The highest BCUT2D eigenvalue weighted by molar-refractivity contribution is 14.0. The number of aromatic nitrogens is 2. The number of rotatable bonds is 10. The molecule has 0 fully saturated rings. The molecule has 0 aliphatic heterocycles. The summed E-state index contributed by atoms with van der Waals surface area (Å²) < 4.78 is 0. The Balaban J connectivity index is 0.00000392. The van der Waals surface area contributed by atoms with Gasteiger partial charge in [-0.05, 0) is 31.2 Å². The smallest absolute Gasteiger partial charge is 0.194 e. The van der Waals surface area contributed by atoms with Gasteiger partial charge < -0.3 is 20.3 Å². The summed E-state index contributed by atoms with van der Waals surface area (Å²) in [6.07, 6.45) is 4.88. The van der Waals surface area contributed by atoms with E-state index < -0.39 is 0 Å². The van der Waals surface area contributed by atoms with Gasteiger partial charge in [-0.25, -0.2) is 4.98 Å². The fraction of sp³-hybridized carbons (Fsp3) is 0.524. The number of aliphatic hydroxyl groups excluding tert-OH is 1. The second kappa shape index (κ2) is 13.5. The molecule has 0 saturated heterocycles. The van der Waals surface area contributed by atoms with Gasteiger partial charge in [0.05, 0.1) is 18.4 Å². The van der Waals surface area contributed by atoms with E-state index in [0.29, 0.717) is 12.5 Å². The summed E-state index contributed by atoms with van der Waals surface area (Å²) in [5.41, 5.74) is 2.15. The van der Waals surface area contributed by atoms with E-state index in [4.69, 9.17) is 4.99 Å². The number of aliphatic hydroxyl groups is 1. The molecule has 1 unspecified atom stereocenters. The van der Waals surface area contributed by atoms with Crippen LogP contribution in [0, 0.1) is 5.92 Å². The molecule has 3 N–H and O–H groups in total. The minimum Gasteiger partial charge on any atom is -0.396 e. The van der Waals surface area contributed by atoms with Gasteiger partial charge in [-0.1, -0.05) is 43.7 Å². The Morgan fingerprint density at radius 3 is 2.64 bits per heavy atom. The lowest BCUT2D eigenvalue weighted by Crippen LogP contribution is -2.39. The molecule has 7 heteroatoms. The quantitative estimate of drug-likeness (QED) is 0.264. The van der Waals surface area contributed by atoms with E-state index in [1.807, 2.05) is 31.4 Å². The van der Waals surface area contributed by atoms with Crippen LogP contribution in [-0.2, 0) is 6.54 Å². The van der Waals surface area contributed by atoms with Crippen molar-refractivity contribution >= 4 is 29.9 Å². The lowest BCUT2D eigenvalue weighted by Gasteiger charge is -2.22. The molecule has 0 spiro atoms. The fourth-order valence-corrected chi connectivity index (χ4v) is 3.11. The van der Waals surface area contributed by atoms with Gasteiger partial charge in [-0.3, -0.25) is 4.99 Å². The van der Waals surface area contributed by atoms with Crippen LogP contribution in [-0.4, -0.2) is 52.7 Å². The van der Waals surface area contributed by atoms with Crippen molar-refractivity contribution < 1.29 is 5.11 Å². The molecule has 1 aromatic heterocycles. The molecule has 28 heavy (non-hydrogen) atoms. The topological polar surface area (TPSA) is 76.5 Å². The van der Waals surface area contributed by atoms with E-state index in [0.717, 1.165) is 55.4 Å². The molecule has 0 aliphatic carbocycles. The molecule has 0 saturated carbocycles. The molecule has 0 bridgehead atoms. The van der Waals surface area contributed by atoms with Gasteiger partial charge in [0.2, 0.25) is 0 Å². The molecular weight excluding hydrogens is 465 g/mol. The SMILES string of the molecule is CCCC(CCO)CN=C(NCC)N(C)Cc1ncc(-c2ccccc2)[nH]1.I. The molecule has 0 aliphatic rings. The standard InChI is InChI=1S/C21H33N5O.HI/c1-4-9-17(12-13-27)14-24-21(22-5-2)26(3)16-20-23-15-19(25-20)18-10-7-6-8-11-18;/h6-8,10-11,15,17,27H,4-5,9,12-14,16H2,1-3H3,(H,22,24)(H,23,25);1H. The number of aromatic amines is 1. The largest absolute Gasteiger partial charge is 0.396 e. The number of nitrogens with zero attached hydrogens (tertiary/aromatic N) is 3. The minimum atomic E-state index is 0. The van der Waals surface area contributed by atoms with Gasteiger partial charge in [0.25, 0.3) is 0 Å². The van der Waals surface area contributed by atoms with Gasteiger partial charge in [0.1, 0.15) is 5.82 Å². The minimum absolute atomic E-state index is 0. The maximum atomic E-state index is 9.25. The van der Waals surface area contributed by atoms with Gasteiger partial charge >= 0.3 is 0 Å². The van der Waals surface area contributed by atoms with Crippen molar-refractivity contribution in [2.24, 2.45) is 10.9 Å². The van der Waals surface area contributed by atoms with Gasteiger partial charge in [-0.2, -0.15) is 0 Å². The summed E-state index contributed by atoms with van der Waals surface area (Å²) in [5, 5.41) is 12.6. The molecule has 0 amide bonds. The van der Waals surface area contributed by atoms with E-state index in [1.165, 1.54) is 0 Å². The Hall–Kier alpha value is -1.61. The van der Waals surface area contributed by atoms with Crippen LogP contribution in [0.4, 0.5) is 0 Å². The number of hydrogen-bond acceptors (Lipinski definition) is 3. The molecule has 6 nitrogen and oxygen atoms in total. The maximum Gasteiger partial charge on any atom is 0.194 e. The molecule has 2 aromatic rings. The van der Waals surface area contributed by atoms with E-state index >= 15 is 0 Å². The third-order valence-electron chi connectivity index (χ3n) is 4.53. The summed E-state index contributed by atoms with van der Waals surface area (Å²) in [5.74, 6) is 2.20. The Morgan fingerprint density at radius 2 is 2.00 bits per heavy atom. The number of nitrogens with one attached hydrogen (secondary N) is 2. The number of aliphatic imine (C=N–C) groups is 1. The molecule has 1 heterocycles. The second-order valence-electron chi connectivity index (χ2n) is 6.83. The van der Waals surface area contributed by atoms with Crippen LogP contribution in [0.15, 0.2) is 41.5 Å². The van der Waals surface area contributed by atoms with Gasteiger partial charge in [0.15, 0.2) is 5.96 Å². The van der Waals surface area contributed by atoms with Crippen LogP contribution in [0.5, 0.6) is 0 Å². The lowest BCUT2D eigenvalue weighted by atomic mass is 10.0. The van der Waals surface area contributed by atoms with E-state index in [9.17, 15) is 5.11 Å². The average Bonchev–Trinajstić information content (AvgIpc) is 3.14. The zero-order valence-corrected chi connectivity index (χ0v) is 19.5. The highest BCUT2D eigenvalue weighted by Gasteiger charge is 2.12. The van der Waals surface area contributed by atoms with Crippen LogP contribution in [0.3, 0.4) is 0 Å². The molecule has 1 atom stereocenters. The highest BCUT2D eigenvalue weighted by atomic mass is 127. The Kier molecular flexibility index (Phi) is 11.8. The lowest BCUT2D eigenvalue weighted by molar-refractivity contribution is 0.253. The van der Waals surface area contributed by atoms with Crippen molar-refractivity contribution in [1.29, 1.82) is 0 Å². The summed E-state index contributed by atoms with van der Waals surface area (Å²) in [7, 11) is 2.02. The van der Waals surface area contributed by atoms with E-state index in [1.54, 1.807) is 0 Å². The van der Waals surface area contributed by atoms with E-state index in [2.05, 4.69) is 46.2 Å². The third-order valence-corrected chi connectivity index (χ3v) is 4.53. The normalized spacial score (nSPS) is 12.4. The van der Waals surface area contributed by atoms with E-state index in [-0.39, 0.29) is 30.6 Å². The number of H-pyrrole nitrogens is 1. The predicted octanol–water partition coefficient (Wildman–Crippen LogP) is 3.89. The van der Waals surface area contributed by atoms with Crippen molar-refractivity contribution in [2.45, 2.75) is 39.7 Å². The van der Waals surface area contributed by atoms with Crippen LogP contribution in [0.1, 0.15) is 38.9 Å². The van der Waals surface area contributed by atoms with Crippen molar-refractivity contribution in [1.82, 2.24) is 20.2 Å². The molecule has 1 aromatic carbocycles. The van der Waals surface area contributed by atoms with Crippen LogP contribution < -0.4 is 5.32 Å². The number of imidazole rings is 1. The molecule has 0 radical (unpaired) electrons. The van der Waals surface area contributed by atoms with Gasteiger partial charge in [0, 0.05) is 26.7 Å². The summed E-state index contributed by atoms with van der Waals surface area (Å²) in [4.78, 5) is 14.8. The summed E-state index contributed by atoms with van der Waals surface area (Å²) in [6, 6.07) is 10.2. The first kappa shape index (κ1) is 24.4. The Morgan fingerprint density at radius 1 is 1.25 bits per heavy atom. The average molecular weight is 499 g/mol. The predicted molar refractivity (Wildman–Crippen MR) is 127 cm³/mol. The number of hydrogen-bond donors (Lipinski definition) is 3. The van der Waals surface area contributed by atoms with Crippen LogP contribution in [0.2, 0.25) is 0 Å². The zero-order valence-electron chi connectivity index (χ0n) is 17.2. The van der Waals surface area contributed by atoms with Crippen molar-refractivity contribution in [3.05, 3.63) is 42.4 Å². The van der Waals surface area contributed by atoms with Crippen molar-refractivity contribution in [3.63, 3.8) is 0 Å². The number of guanidine groups is 1. The number of benzene rings is 1. The van der Waals surface area contributed by atoms with Crippen LogP contribution >= 0.6 is 24.0 Å². The first-order valence-corrected chi connectivity index (χ1v) is 9.87. The highest BCUT2D eigenvalue weighted by Crippen LogP contribution is 2.16. The summed E-state index contributed by atoms with van der Waals surface area (Å²) in [6.45, 7) is 6.66. The molecule has 156 valence electrons. The second-order valence-corrected chi connectivity index (χ2v) is 6.83. The maximum absolute atomic E-state index is 9.25.